The second-order valence-corrected chi connectivity index (χ2v) is 3.80. The highest BCUT2D eigenvalue weighted by Gasteiger charge is 2.59. The summed E-state index contributed by atoms with van der Waals surface area (Å²) in [6, 6.07) is 9.12. The van der Waals surface area contributed by atoms with E-state index in [-0.39, 0.29) is 23.7 Å². The van der Waals surface area contributed by atoms with E-state index in [9.17, 15) is 9.59 Å². The van der Waals surface area contributed by atoms with Crippen LogP contribution in [-0.2, 0) is 9.59 Å². The van der Waals surface area contributed by atoms with Crippen molar-refractivity contribution in [1.29, 1.82) is 0 Å². The van der Waals surface area contributed by atoms with Crippen LogP contribution in [0.4, 0.5) is 5.69 Å². The van der Waals surface area contributed by atoms with Crippen molar-refractivity contribution in [3.05, 3.63) is 30.3 Å². The summed E-state index contributed by atoms with van der Waals surface area (Å²) < 4.78 is 0. The molecule has 2 aliphatic rings. The third-order valence-electron chi connectivity index (χ3n) is 2.88. The van der Waals surface area contributed by atoms with Gasteiger partial charge in [0.2, 0.25) is 11.8 Å². The standard InChI is InChI=1S/C11H9NO2/c13-10-8-6-9(8)11(14)12(10)7-4-2-1-3-5-7/h1-5,8-9H,6H2/t8-,9+. The molecule has 70 valence electrons. The molecule has 1 aliphatic heterocycles. The first kappa shape index (κ1) is 7.74. The van der Waals surface area contributed by atoms with Crippen molar-refractivity contribution in [2.75, 3.05) is 4.90 Å². The number of anilines is 1. The van der Waals surface area contributed by atoms with Gasteiger partial charge in [-0.1, -0.05) is 18.2 Å². The van der Waals surface area contributed by atoms with Crippen molar-refractivity contribution in [3.8, 4) is 0 Å². The molecule has 0 unspecified atom stereocenters. The van der Waals surface area contributed by atoms with Gasteiger partial charge in [0, 0.05) is 0 Å². The lowest BCUT2D eigenvalue weighted by Gasteiger charge is -2.15. The summed E-state index contributed by atoms with van der Waals surface area (Å²) >= 11 is 0. The highest BCUT2D eigenvalue weighted by molar-refractivity contribution is 6.24. The fourth-order valence-corrected chi connectivity index (χ4v) is 2.01. The fraction of sp³-hybridized carbons (Fsp3) is 0.273. The highest BCUT2D eigenvalue weighted by atomic mass is 16.2. The number of piperidine rings is 1. The molecule has 1 aliphatic carbocycles. The lowest BCUT2D eigenvalue weighted by molar-refractivity contribution is -0.123. The zero-order valence-electron chi connectivity index (χ0n) is 7.51. The lowest BCUT2D eigenvalue weighted by atomic mass is 10.3. The summed E-state index contributed by atoms with van der Waals surface area (Å²) in [4.78, 5) is 24.6. The molecule has 3 heteroatoms. The van der Waals surface area contributed by atoms with Crippen molar-refractivity contribution in [3.63, 3.8) is 0 Å². The predicted molar refractivity (Wildman–Crippen MR) is 50.5 cm³/mol. The number of hydrogen-bond donors (Lipinski definition) is 0. The number of fused-ring (bicyclic) bond motifs is 1. The van der Waals surface area contributed by atoms with Crippen LogP contribution in [0.25, 0.3) is 0 Å². The van der Waals surface area contributed by atoms with Gasteiger partial charge in [0.15, 0.2) is 0 Å². The van der Waals surface area contributed by atoms with Crippen LogP contribution in [0.1, 0.15) is 6.42 Å². The molecule has 1 heterocycles. The van der Waals surface area contributed by atoms with Crippen LogP contribution in [0.2, 0.25) is 0 Å². The Morgan fingerprint density at radius 1 is 1.00 bits per heavy atom. The predicted octanol–water partition coefficient (Wildman–Crippen LogP) is 1.20. The van der Waals surface area contributed by atoms with Crippen molar-refractivity contribution < 1.29 is 9.59 Å². The van der Waals surface area contributed by atoms with Crippen LogP contribution in [0.15, 0.2) is 30.3 Å². The number of imide groups is 1. The zero-order chi connectivity index (χ0) is 9.71. The van der Waals surface area contributed by atoms with E-state index < -0.39 is 0 Å². The second kappa shape index (κ2) is 2.44. The first-order valence-corrected chi connectivity index (χ1v) is 4.72. The molecular weight excluding hydrogens is 178 g/mol. The van der Waals surface area contributed by atoms with Crippen molar-refractivity contribution >= 4 is 17.5 Å². The van der Waals surface area contributed by atoms with E-state index in [1.807, 2.05) is 18.2 Å². The van der Waals surface area contributed by atoms with Gasteiger partial charge in [-0.05, 0) is 18.6 Å². The highest BCUT2D eigenvalue weighted by Crippen LogP contribution is 2.48. The Morgan fingerprint density at radius 3 is 2.14 bits per heavy atom. The number of rotatable bonds is 1. The molecule has 1 saturated heterocycles. The summed E-state index contributed by atoms with van der Waals surface area (Å²) in [7, 11) is 0. The van der Waals surface area contributed by atoms with Gasteiger partial charge in [-0.3, -0.25) is 14.5 Å². The number of para-hydroxylation sites is 1. The van der Waals surface area contributed by atoms with Crippen LogP contribution >= 0.6 is 0 Å². The number of nitrogens with zero attached hydrogens (tertiary/aromatic N) is 1. The molecule has 3 rings (SSSR count). The molecule has 3 nitrogen and oxygen atoms in total. The summed E-state index contributed by atoms with van der Waals surface area (Å²) in [5, 5.41) is 0. The number of carbonyl (C=O) groups is 2. The van der Waals surface area contributed by atoms with Gasteiger partial charge in [-0.25, -0.2) is 0 Å². The topological polar surface area (TPSA) is 37.4 Å². The summed E-state index contributed by atoms with van der Waals surface area (Å²) in [6.45, 7) is 0. The molecule has 0 radical (unpaired) electrons. The Morgan fingerprint density at radius 2 is 1.57 bits per heavy atom. The smallest absolute Gasteiger partial charge is 0.237 e. The van der Waals surface area contributed by atoms with E-state index in [1.165, 1.54) is 4.90 Å². The van der Waals surface area contributed by atoms with Crippen LogP contribution in [0.3, 0.4) is 0 Å². The Labute approximate surface area is 81.3 Å². The van der Waals surface area contributed by atoms with Crippen LogP contribution in [0, 0.1) is 11.8 Å². The van der Waals surface area contributed by atoms with E-state index in [0.717, 1.165) is 6.42 Å². The van der Waals surface area contributed by atoms with Gasteiger partial charge in [-0.2, -0.15) is 0 Å². The van der Waals surface area contributed by atoms with Crippen LogP contribution in [-0.4, -0.2) is 11.8 Å². The maximum absolute atomic E-state index is 11.7. The van der Waals surface area contributed by atoms with Crippen LogP contribution in [0.5, 0.6) is 0 Å². The molecule has 2 fully saturated rings. The van der Waals surface area contributed by atoms with Gasteiger partial charge < -0.3 is 0 Å². The van der Waals surface area contributed by atoms with E-state index in [4.69, 9.17) is 0 Å². The minimum Gasteiger partial charge on any atom is -0.274 e. The zero-order valence-corrected chi connectivity index (χ0v) is 7.51. The van der Waals surface area contributed by atoms with Gasteiger partial charge >= 0.3 is 0 Å². The number of amides is 2. The minimum atomic E-state index is -0.0220. The molecule has 0 aromatic heterocycles. The third-order valence-corrected chi connectivity index (χ3v) is 2.88. The molecular formula is C11H9NO2. The average molecular weight is 187 g/mol. The quantitative estimate of drug-likeness (QED) is 0.619. The third kappa shape index (κ3) is 0.867. The summed E-state index contributed by atoms with van der Waals surface area (Å²) in [6.07, 6.45) is 0.765. The Bertz CT molecular complexity index is 393. The first-order valence-electron chi connectivity index (χ1n) is 4.72. The van der Waals surface area contributed by atoms with E-state index in [0.29, 0.717) is 5.69 Å². The van der Waals surface area contributed by atoms with Gasteiger partial charge in [-0.15, -0.1) is 0 Å². The van der Waals surface area contributed by atoms with E-state index in [1.54, 1.807) is 12.1 Å². The Hall–Kier alpha value is -1.64. The molecule has 2 amide bonds. The van der Waals surface area contributed by atoms with Gasteiger partial charge in [0.25, 0.3) is 0 Å². The maximum atomic E-state index is 11.7. The fourth-order valence-electron chi connectivity index (χ4n) is 2.01. The second-order valence-electron chi connectivity index (χ2n) is 3.80. The number of carbonyl (C=O) groups excluding carboxylic acids is 2. The van der Waals surface area contributed by atoms with Gasteiger partial charge in [0.05, 0.1) is 17.5 Å². The molecule has 1 aromatic carbocycles. The number of benzene rings is 1. The molecule has 0 N–H and O–H groups in total. The van der Waals surface area contributed by atoms with Crippen molar-refractivity contribution in [1.82, 2.24) is 0 Å². The van der Waals surface area contributed by atoms with Gasteiger partial charge in [0.1, 0.15) is 0 Å². The monoisotopic (exact) mass is 187 g/mol. The van der Waals surface area contributed by atoms with Crippen LogP contribution < -0.4 is 4.90 Å². The normalized spacial score (nSPS) is 29.3. The number of hydrogen-bond acceptors (Lipinski definition) is 2. The minimum absolute atomic E-state index is 0.0114. The van der Waals surface area contributed by atoms with E-state index >= 15 is 0 Å². The SMILES string of the molecule is O=C1[C@H]2C[C@H]2C(=O)N1c1ccccc1. The van der Waals surface area contributed by atoms with Crippen molar-refractivity contribution in [2.45, 2.75) is 6.42 Å². The first-order chi connectivity index (χ1) is 6.79. The molecule has 1 aromatic rings. The lowest BCUT2D eigenvalue weighted by Crippen LogP contribution is -2.32. The average Bonchev–Trinajstić information content (AvgIpc) is 2.94. The summed E-state index contributed by atoms with van der Waals surface area (Å²) in [5.41, 5.74) is 0.703. The van der Waals surface area contributed by atoms with Crippen molar-refractivity contribution in [2.24, 2.45) is 11.8 Å². The maximum Gasteiger partial charge on any atom is 0.237 e. The molecule has 2 atom stereocenters. The Balaban J connectivity index is 2.00. The largest absolute Gasteiger partial charge is 0.274 e. The molecule has 14 heavy (non-hydrogen) atoms. The molecule has 0 bridgehead atoms. The van der Waals surface area contributed by atoms with E-state index in [2.05, 4.69) is 0 Å². The molecule has 1 saturated carbocycles. The Kier molecular flexibility index (Phi) is 1.35. The summed E-state index contributed by atoms with van der Waals surface area (Å²) in [5.74, 6) is -0.0668. The molecule has 0 spiro atoms.